The topological polar surface area (TPSA) is 66.3 Å². The van der Waals surface area contributed by atoms with E-state index in [9.17, 15) is 9.90 Å². The van der Waals surface area contributed by atoms with Crippen molar-refractivity contribution in [2.24, 2.45) is 7.05 Å². The number of hydrogen-bond donors (Lipinski definition) is 3. The number of amides is 1. The number of carbonyl (C=O) groups is 1. The van der Waals surface area contributed by atoms with Gasteiger partial charge >= 0.3 is 0 Å². The van der Waals surface area contributed by atoms with Crippen molar-refractivity contribution in [3.05, 3.63) is 46.8 Å². The standard InChI is InChI=1S/C16H19N3O2/c1-10-3-4-12(20)8-13(10)18-16(21)15-7-11-9-17-6-5-14(11)19(15)2/h3-4,7-8,17,20H,5-6,9H2,1-2H3,(H,18,21). The zero-order chi connectivity index (χ0) is 15.0. The molecule has 2 aromatic rings. The van der Waals surface area contributed by atoms with E-state index < -0.39 is 0 Å². The summed E-state index contributed by atoms with van der Waals surface area (Å²) in [7, 11) is 1.92. The van der Waals surface area contributed by atoms with Gasteiger partial charge in [0.15, 0.2) is 0 Å². The highest BCUT2D eigenvalue weighted by Crippen LogP contribution is 2.23. The number of rotatable bonds is 2. The molecule has 21 heavy (non-hydrogen) atoms. The molecule has 0 radical (unpaired) electrons. The molecule has 0 unspecified atom stereocenters. The van der Waals surface area contributed by atoms with Crippen LogP contribution in [0.15, 0.2) is 24.3 Å². The first kappa shape index (κ1) is 13.7. The number of fused-ring (bicyclic) bond motifs is 1. The van der Waals surface area contributed by atoms with Crippen LogP contribution in [0.1, 0.15) is 27.3 Å². The van der Waals surface area contributed by atoms with Gasteiger partial charge in [-0.15, -0.1) is 0 Å². The van der Waals surface area contributed by atoms with E-state index in [2.05, 4.69) is 10.6 Å². The Bertz CT molecular complexity index is 704. The van der Waals surface area contributed by atoms with Crippen molar-refractivity contribution in [1.82, 2.24) is 9.88 Å². The molecule has 0 saturated heterocycles. The predicted octanol–water partition coefficient (Wildman–Crippen LogP) is 1.94. The summed E-state index contributed by atoms with van der Waals surface area (Å²) in [6, 6.07) is 6.90. The Morgan fingerprint density at radius 2 is 2.19 bits per heavy atom. The van der Waals surface area contributed by atoms with Gasteiger partial charge in [-0.3, -0.25) is 4.79 Å². The lowest BCUT2D eigenvalue weighted by Gasteiger charge is -2.15. The van der Waals surface area contributed by atoms with Gasteiger partial charge in [-0.1, -0.05) is 6.07 Å². The number of nitrogens with one attached hydrogen (secondary N) is 2. The summed E-state index contributed by atoms with van der Waals surface area (Å²) in [5, 5.41) is 15.7. The van der Waals surface area contributed by atoms with Crippen LogP contribution in [0.5, 0.6) is 5.75 Å². The molecule has 1 aromatic carbocycles. The number of carbonyl (C=O) groups excluding carboxylic acids is 1. The van der Waals surface area contributed by atoms with Gasteiger partial charge in [0.05, 0.1) is 0 Å². The van der Waals surface area contributed by atoms with Crippen molar-refractivity contribution in [2.75, 3.05) is 11.9 Å². The lowest BCUT2D eigenvalue weighted by atomic mass is 10.1. The minimum Gasteiger partial charge on any atom is -0.508 e. The summed E-state index contributed by atoms with van der Waals surface area (Å²) in [6.45, 7) is 3.65. The lowest BCUT2D eigenvalue weighted by molar-refractivity contribution is 0.101. The van der Waals surface area contributed by atoms with Crippen LogP contribution in [0, 0.1) is 6.92 Å². The van der Waals surface area contributed by atoms with Crippen molar-refractivity contribution >= 4 is 11.6 Å². The van der Waals surface area contributed by atoms with Gasteiger partial charge < -0.3 is 20.3 Å². The molecule has 5 nitrogen and oxygen atoms in total. The third-order valence-corrected chi connectivity index (χ3v) is 4.00. The Labute approximate surface area is 123 Å². The zero-order valence-electron chi connectivity index (χ0n) is 12.2. The second-order valence-electron chi connectivity index (χ2n) is 5.44. The highest BCUT2D eigenvalue weighted by molar-refractivity contribution is 6.04. The third kappa shape index (κ3) is 2.52. The summed E-state index contributed by atoms with van der Waals surface area (Å²) in [6.07, 6.45) is 0.935. The minimum atomic E-state index is -0.152. The SMILES string of the molecule is Cc1ccc(O)cc1NC(=O)c1cc2c(n1C)CCNC2. The second kappa shape index (κ2) is 5.26. The number of aromatic hydroxyl groups is 1. The molecule has 0 saturated carbocycles. The Hall–Kier alpha value is -2.27. The average molecular weight is 285 g/mol. The van der Waals surface area contributed by atoms with Gasteiger partial charge in [-0.05, 0) is 30.2 Å². The summed E-state index contributed by atoms with van der Waals surface area (Å²) >= 11 is 0. The summed E-state index contributed by atoms with van der Waals surface area (Å²) < 4.78 is 1.96. The van der Waals surface area contributed by atoms with E-state index in [1.54, 1.807) is 18.2 Å². The monoisotopic (exact) mass is 285 g/mol. The molecule has 1 aromatic heterocycles. The van der Waals surface area contributed by atoms with Gasteiger partial charge in [-0.2, -0.15) is 0 Å². The number of aryl methyl sites for hydroxylation is 1. The first-order valence-corrected chi connectivity index (χ1v) is 7.05. The number of hydrogen-bond acceptors (Lipinski definition) is 3. The van der Waals surface area contributed by atoms with E-state index in [0.717, 1.165) is 25.1 Å². The number of benzene rings is 1. The Morgan fingerprint density at radius 1 is 1.38 bits per heavy atom. The molecule has 110 valence electrons. The molecule has 1 amide bonds. The number of nitrogens with zero attached hydrogens (tertiary/aromatic N) is 1. The molecule has 2 heterocycles. The summed E-state index contributed by atoms with van der Waals surface area (Å²) in [5.41, 5.74) is 4.60. The maximum atomic E-state index is 12.5. The number of aromatic nitrogens is 1. The Balaban J connectivity index is 1.89. The highest BCUT2D eigenvalue weighted by atomic mass is 16.3. The van der Waals surface area contributed by atoms with Gasteiger partial charge in [0.1, 0.15) is 11.4 Å². The van der Waals surface area contributed by atoms with Crippen LogP contribution in [-0.2, 0) is 20.0 Å². The first-order valence-electron chi connectivity index (χ1n) is 7.05. The average Bonchev–Trinajstić information content (AvgIpc) is 2.81. The van der Waals surface area contributed by atoms with Crippen molar-refractivity contribution in [3.63, 3.8) is 0 Å². The van der Waals surface area contributed by atoms with Gasteiger partial charge in [0.25, 0.3) is 5.91 Å². The Morgan fingerprint density at radius 3 is 2.95 bits per heavy atom. The molecular formula is C16H19N3O2. The molecule has 3 rings (SSSR count). The number of anilines is 1. The van der Waals surface area contributed by atoms with Crippen LogP contribution >= 0.6 is 0 Å². The van der Waals surface area contributed by atoms with E-state index in [-0.39, 0.29) is 11.7 Å². The maximum Gasteiger partial charge on any atom is 0.272 e. The Kier molecular flexibility index (Phi) is 3.43. The molecule has 1 aliphatic rings. The van der Waals surface area contributed by atoms with Crippen LogP contribution in [0.25, 0.3) is 0 Å². The maximum absolute atomic E-state index is 12.5. The van der Waals surface area contributed by atoms with E-state index in [0.29, 0.717) is 11.4 Å². The fraction of sp³-hybridized carbons (Fsp3) is 0.312. The predicted molar refractivity (Wildman–Crippen MR) is 81.6 cm³/mol. The fourth-order valence-corrected chi connectivity index (χ4v) is 2.77. The third-order valence-electron chi connectivity index (χ3n) is 4.00. The molecule has 3 N–H and O–H groups in total. The summed E-state index contributed by atoms with van der Waals surface area (Å²) in [5.74, 6) is -0.00752. The van der Waals surface area contributed by atoms with Gasteiger partial charge in [0.2, 0.25) is 0 Å². The van der Waals surface area contributed by atoms with Crippen LogP contribution in [0.2, 0.25) is 0 Å². The van der Waals surface area contributed by atoms with Gasteiger partial charge in [0, 0.05) is 44.0 Å². The zero-order valence-corrected chi connectivity index (χ0v) is 12.2. The van der Waals surface area contributed by atoms with Crippen molar-refractivity contribution < 1.29 is 9.90 Å². The van der Waals surface area contributed by atoms with E-state index in [1.807, 2.05) is 24.6 Å². The molecule has 0 atom stereocenters. The normalized spacial score (nSPS) is 13.8. The van der Waals surface area contributed by atoms with E-state index in [1.165, 1.54) is 11.3 Å². The van der Waals surface area contributed by atoms with Crippen molar-refractivity contribution in [2.45, 2.75) is 19.9 Å². The second-order valence-corrected chi connectivity index (χ2v) is 5.44. The van der Waals surface area contributed by atoms with E-state index >= 15 is 0 Å². The van der Waals surface area contributed by atoms with Crippen molar-refractivity contribution in [1.29, 1.82) is 0 Å². The van der Waals surface area contributed by atoms with Crippen LogP contribution in [0.4, 0.5) is 5.69 Å². The molecule has 0 aliphatic carbocycles. The quantitative estimate of drug-likeness (QED) is 0.790. The molecular weight excluding hydrogens is 266 g/mol. The van der Waals surface area contributed by atoms with Crippen LogP contribution in [0.3, 0.4) is 0 Å². The van der Waals surface area contributed by atoms with Gasteiger partial charge in [-0.25, -0.2) is 0 Å². The van der Waals surface area contributed by atoms with Crippen molar-refractivity contribution in [3.8, 4) is 5.75 Å². The molecule has 0 fully saturated rings. The van der Waals surface area contributed by atoms with Crippen LogP contribution in [-0.4, -0.2) is 22.1 Å². The molecule has 0 spiro atoms. The molecule has 5 heteroatoms. The van der Waals surface area contributed by atoms with Crippen LogP contribution < -0.4 is 10.6 Å². The smallest absolute Gasteiger partial charge is 0.272 e. The minimum absolute atomic E-state index is 0.145. The molecule has 1 aliphatic heterocycles. The first-order chi connectivity index (χ1) is 10.1. The summed E-state index contributed by atoms with van der Waals surface area (Å²) in [4.78, 5) is 12.5. The fourth-order valence-electron chi connectivity index (χ4n) is 2.77. The number of phenols is 1. The largest absolute Gasteiger partial charge is 0.508 e. The number of phenolic OH excluding ortho intramolecular Hbond substituents is 1. The molecule has 0 bridgehead atoms. The lowest BCUT2D eigenvalue weighted by Crippen LogP contribution is -2.24. The van der Waals surface area contributed by atoms with E-state index in [4.69, 9.17) is 0 Å². The highest BCUT2D eigenvalue weighted by Gasteiger charge is 2.20.